The third kappa shape index (κ3) is 7.33. The van der Waals surface area contributed by atoms with Crippen LogP contribution in [0.5, 0.6) is 0 Å². The van der Waals surface area contributed by atoms with Gasteiger partial charge in [-0.05, 0) is 64.2 Å². The van der Waals surface area contributed by atoms with Crippen LogP contribution in [-0.2, 0) is 29.0 Å². The first-order chi connectivity index (χ1) is 14.1. The van der Waals surface area contributed by atoms with E-state index in [1.54, 1.807) is 4.90 Å². The van der Waals surface area contributed by atoms with Crippen LogP contribution in [0.2, 0.25) is 0 Å². The number of carbonyl (C=O) groups excluding carboxylic acids is 2. The number of benzene rings is 2. The summed E-state index contributed by atoms with van der Waals surface area (Å²) in [7, 11) is 0. The van der Waals surface area contributed by atoms with Crippen molar-refractivity contribution in [3.8, 4) is 0 Å². The predicted molar refractivity (Wildman–Crippen MR) is 123 cm³/mol. The summed E-state index contributed by atoms with van der Waals surface area (Å²) in [5, 5.41) is 3.01. The lowest BCUT2D eigenvalue weighted by Gasteiger charge is -2.31. The Morgan fingerprint density at radius 3 is 2.20 bits per heavy atom. The van der Waals surface area contributed by atoms with Crippen molar-refractivity contribution in [3.63, 3.8) is 0 Å². The molecule has 0 heterocycles. The van der Waals surface area contributed by atoms with Crippen molar-refractivity contribution < 1.29 is 9.59 Å². The number of hydrogen-bond donors (Lipinski definition) is 1. The Hall–Kier alpha value is -2.62. The first-order valence-electron chi connectivity index (χ1n) is 10.8. The zero-order valence-electron chi connectivity index (χ0n) is 19.3. The highest BCUT2D eigenvalue weighted by Gasteiger charge is 2.28. The van der Waals surface area contributed by atoms with E-state index in [1.807, 2.05) is 52.8 Å². The van der Waals surface area contributed by atoms with Crippen molar-refractivity contribution in [2.75, 3.05) is 0 Å². The van der Waals surface area contributed by atoms with E-state index in [9.17, 15) is 9.59 Å². The minimum absolute atomic E-state index is 0.00682. The van der Waals surface area contributed by atoms with Gasteiger partial charge in [-0.2, -0.15) is 0 Å². The van der Waals surface area contributed by atoms with Gasteiger partial charge in [-0.15, -0.1) is 0 Å². The number of aryl methyl sites for hydroxylation is 3. The zero-order valence-corrected chi connectivity index (χ0v) is 19.3. The summed E-state index contributed by atoms with van der Waals surface area (Å²) in [6.45, 7) is 12.2. The SMILES string of the molecule is CCc1ccc(CCC(=O)N(Cc2cccc(C)c2)[C@H](C)C(=O)NC(C)(C)C)cc1. The largest absolute Gasteiger partial charge is 0.350 e. The number of nitrogens with one attached hydrogen (secondary N) is 1. The topological polar surface area (TPSA) is 49.4 Å². The van der Waals surface area contributed by atoms with Gasteiger partial charge in [0.25, 0.3) is 0 Å². The van der Waals surface area contributed by atoms with Crippen molar-refractivity contribution in [1.29, 1.82) is 0 Å². The third-order valence-corrected chi connectivity index (χ3v) is 5.16. The maximum absolute atomic E-state index is 13.2. The van der Waals surface area contributed by atoms with Crippen LogP contribution in [-0.4, -0.2) is 28.3 Å². The second kappa shape index (κ2) is 10.4. The maximum atomic E-state index is 13.2. The highest BCUT2D eigenvalue weighted by molar-refractivity contribution is 5.87. The van der Waals surface area contributed by atoms with Gasteiger partial charge < -0.3 is 10.2 Å². The molecular formula is C26H36N2O2. The molecule has 0 aliphatic carbocycles. The molecule has 0 radical (unpaired) electrons. The molecule has 2 rings (SSSR count). The van der Waals surface area contributed by atoms with Crippen molar-refractivity contribution in [1.82, 2.24) is 10.2 Å². The van der Waals surface area contributed by atoms with Gasteiger partial charge in [-0.3, -0.25) is 9.59 Å². The van der Waals surface area contributed by atoms with E-state index < -0.39 is 6.04 Å². The first-order valence-corrected chi connectivity index (χ1v) is 10.8. The zero-order chi connectivity index (χ0) is 22.3. The van der Waals surface area contributed by atoms with Crippen molar-refractivity contribution >= 4 is 11.8 Å². The van der Waals surface area contributed by atoms with Crippen LogP contribution in [0.15, 0.2) is 48.5 Å². The standard InChI is InChI=1S/C26H36N2O2/c1-7-21-11-13-22(14-12-21)15-16-24(29)28(18-23-10-8-9-19(2)17-23)20(3)25(30)27-26(4,5)6/h8-14,17,20H,7,15-16,18H2,1-6H3,(H,27,30)/t20-/m1/s1. The fourth-order valence-corrected chi connectivity index (χ4v) is 3.40. The average molecular weight is 409 g/mol. The molecule has 0 spiro atoms. The molecule has 4 nitrogen and oxygen atoms in total. The van der Waals surface area contributed by atoms with E-state index in [2.05, 4.69) is 42.6 Å². The van der Waals surface area contributed by atoms with Gasteiger partial charge in [0.2, 0.25) is 11.8 Å². The molecule has 2 amide bonds. The molecule has 0 bridgehead atoms. The van der Waals surface area contributed by atoms with Crippen molar-refractivity contribution in [2.24, 2.45) is 0 Å². The van der Waals surface area contributed by atoms with E-state index in [0.29, 0.717) is 19.4 Å². The lowest BCUT2D eigenvalue weighted by atomic mass is 10.0. The average Bonchev–Trinajstić information content (AvgIpc) is 2.69. The maximum Gasteiger partial charge on any atom is 0.242 e. The molecule has 2 aromatic carbocycles. The van der Waals surface area contributed by atoms with E-state index in [4.69, 9.17) is 0 Å². The first kappa shape index (κ1) is 23.7. The third-order valence-electron chi connectivity index (χ3n) is 5.16. The molecule has 0 fully saturated rings. The highest BCUT2D eigenvalue weighted by Crippen LogP contribution is 2.15. The molecule has 0 aliphatic rings. The fraction of sp³-hybridized carbons (Fsp3) is 0.462. The molecule has 4 heteroatoms. The monoisotopic (exact) mass is 408 g/mol. The number of rotatable bonds is 8. The molecule has 0 aliphatic heterocycles. The summed E-state index contributed by atoms with van der Waals surface area (Å²) in [5.41, 5.74) is 4.26. The van der Waals surface area contributed by atoms with Gasteiger partial charge >= 0.3 is 0 Å². The minimum atomic E-state index is -0.542. The summed E-state index contributed by atoms with van der Waals surface area (Å²) >= 11 is 0. The second-order valence-electron chi connectivity index (χ2n) is 9.10. The molecule has 1 N–H and O–H groups in total. The Balaban J connectivity index is 2.15. The molecule has 0 saturated carbocycles. The number of amides is 2. The summed E-state index contributed by atoms with van der Waals surface area (Å²) in [6, 6.07) is 16.0. The quantitative estimate of drug-likeness (QED) is 0.681. The van der Waals surface area contributed by atoms with Gasteiger partial charge in [-0.1, -0.05) is 61.0 Å². The van der Waals surface area contributed by atoms with Crippen LogP contribution in [0.3, 0.4) is 0 Å². The second-order valence-corrected chi connectivity index (χ2v) is 9.10. The van der Waals surface area contributed by atoms with Crippen LogP contribution in [0, 0.1) is 6.92 Å². The molecule has 0 saturated heterocycles. The van der Waals surface area contributed by atoms with Crippen molar-refractivity contribution in [2.45, 2.75) is 78.9 Å². The molecular weight excluding hydrogens is 372 g/mol. The van der Waals surface area contributed by atoms with Crippen LogP contribution >= 0.6 is 0 Å². The molecule has 0 aromatic heterocycles. The Morgan fingerprint density at radius 1 is 1.00 bits per heavy atom. The fourth-order valence-electron chi connectivity index (χ4n) is 3.40. The van der Waals surface area contributed by atoms with Gasteiger partial charge in [-0.25, -0.2) is 0 Å². The van der Waals surface area contributed by atoms with Gasteiger partial charge in [0.1, 0.15) is 6.04 Å². The Kier molecular flexibility index (Phi) is 8.22. The normalized spacial score (nSPS) is 12.3. The summed E-state index contributed by atoms with van der Waals surface area (Å²) in [5.74, 6) is -0.136. The van der Waals surface area contributed by atoms with Gasteiger partial charge in [0.15, 0.2) is 0 Å². The van der Waals surface area contributed by atoms with Gasteiger partial charge in [0, 0.05) is 18.5 Å². The summed E-state index contributed by atoms with van der Waals surface area (Å²) < 4.78 is 0. The minimum Gasteiger partial charge on any atom is -0.350 e. The lowest BCUT2D eigenvalue weighted by Crippen LogP contribution is -2.52. The van der Waals surface area contributed by atoms with Crippen LogP contribution in [0.25, 0.3) is 0 Å². The highest BCUT2D eigenvalue weighted by atomic mass is 16.2. The lowest BCUT2D eigenvalue weighted by molar-refractivity contribution is -0.141. The molecule has 1 atom stereocenters. The van der Waals surface area contributed by atoms with E-state index >= 15 is 0 Å². The van der Waals surface area contributed by atoms with E-state index in [1.165, 1.54) is 5.56 Å². The molecule has 2 aromatic rings. The van der Waals surface area contributed by atoms with E-state index in [0.717, 1.165) is 23.1 Å². The Morgan fingerprint density at radius 2 is 1.63 bits per heavy atom. The number of nitrogens with zero attached hydrogens (tertiary/aromatic N) is 1. The smallest absolute Gasteiger partial charge is 0.242 e. The predicted octanol–water partition coefficient (Wildman–Crippen LogP) is 4.82. The summed E-state index contributed by atoms with van der Waals surface area (Å²) in [6.07, 6.45) is 2.05. The van der Waals surface area contributed by atoms with Crippen LogP contribution in [0.4, 0.5) is 0 Å². The molecule has 0 unspecified atom stereocenters. The number of hydrogen-bond acceptors (Lipinski definition) is 2. The van der Waals surface area contributed by atoms with Crippen molar-refractivity contribution in [3.05, 3.63) is 70.8 Å². The summed E-state index contributed by atoms with van der Waals surface area (Å²) in [4.78, 5) is 27.7. The van der Waals surface area contributed by atoms with E-state index in [-0.39, 0.29) is 17.4 Å². The Bertz CT molecular complexity index is 850. The number of carbonyl (C=O) groups is 2. The van der Waals surface area contributed by atoms with Crippen LogP contribution in [0.1, 0.15) is 63.3 Å². The van der Waals surface area contributed by atoms with Crippen LogP contribution < -0.4 is 5.32 Å². The molecule has 162 valence electrons. The Labute approximate surface area is 181 Å². The van der Waals surface area contributed by atoms with Gasteiger partial charge in [0.05, 0.1) is 0 Å². The molecule has 30 heavy (non-hydrogen) atoms.